The first-order valence-electron chi connectivity index (χ1n) is 7.76. The molecular weight excluding hydrogens is 312 g/mol. The maximum atomic E-state index is 12.4. The van der Waals surface area contributed by atoms with Crippen LogP contribution in [0.15, 0.2) is 35.2 Å². The zero-order valence-corrected chi connectivity index (χ0v) is 13.3. The van der Waals surface area contributed by atoms with Crippen molar-refractivity contribution < 1.29 is 18.7 Å². The number of carbonyl (C=O) groups is 2. The number of piperazine rings is 1. The molecule has 0 atom stereocenters. The van der Waals surface area contributed by atoms with E-state index in [4.69, 9.17) is 9.15 Å². The molecule has 126 valence electrons. The molecule has 0 radical (unpaired) electrons. The van der Waals surface area contributed by atoms with Crippen molar-refractivity contribution in [1.82, 2.24) is 19.8 Å². The number of oxazole rings is 1. The lowest BCUT2D eigenvalue weighted by atomic mass is 10.2. The fourth-order valence-corrected chi connectivity index (χ4v) is 2.49. The molecule has 3 rings (SSSR count). The predicted octanol–water partition coefficient (Wildman–Crippen LogP) is 1.07. The van der Waals surface area contributed by atoms with Crippen molar-refractivity contribution in [2.45, 2.75) is 6.92 Å². The molecule has 24 heavy (non-hydrogen) atoms. The predicted molar refractivity (Wildman–Crippen MR) is 83.7 cm³/mol. The standard InChI is InChI=1S/C16H18N4O4/c1-2-23-16-18-13(11-24-16)15(22)20-8-6-19(7-9-20)14(21)12-4-3-5-17-10-12/h3-5,10-11H,2,6-9H2,1H3. The Hall–Kier alpha value is -2.90. The third-order valence-electron chi connectivity index (χ3n) is 3.73. The number of nitrogens with zero attached hydrogens (tertiary/aromatic N) is 4. The Morgan fingerprint density at radius 3 is 2.54 bits per heavy atom. The van der Waals surface area contributed by atoms with Gasteiger partial charge in [0.25, 0.3) is 11.8 Å². The lowest BCUT2D eigenvalue weighted by Crippen LogP contribution is -2.50. The average molecular weight is 330 g/mol. The van der Waals surface area contributed by atoms with Gasteiger partial charge in [0, 0.05) is 38.6 Å². The van der Waals surface area contributed by atoms with Crippen molar-refractivity contribution in [2.24, 2.45) is 0 Å². The van der Waals surface area contributed by atoms with Crippen LogP contribution in [0.25, 0.3) is 0 Å². The zero-order valence-electron chi connectivity index (χ0n) is 13.3. The van der Waals surface area contributed by atoms with Crippen LogP contribution in [-0.2, 0) is 0 Å². The highest BCUT2D eigenvalue weighted by Gasteiger charge is 2.27. The van der Waals surface area contributed by atoms with Crippen LogP contribution in [0, 0.1) is 0 Å². The average Bonchev–Trinajstić information content (AvgIpc) is 3.10. The van der Waals surface area contributed by atoms with Crippen molar-refractivity contribution in [3.63, 3.8) is 0 Å². The molecule has 2 aromatic heterocycles. The molecule has 0 aliphatic carbocycles. The summed E-state index contributed by atoms with van der Waals surface area (Å²) in [4.78, 5) is 36.1. The maximum absolute atomic E-state index is 12.4. The molecule has 2 amide bonds. The first-order valence-corrected chi connectivity index (χ1v) is 7.76. The van der Waals surface area contributed by atoms with Crippen LogP contribution < -0.4 is 4.74 Å². The minimum Gasteiger partial charge on any atom is -0.450 e. The Labute approximate surface area is 139 Å². The van der Waals surface area contributed by atoms with Gasteiger partial charge in [-0.05, 0) is 19.1 Å². The molecule has 1 saturated heterocycles. The number of carbonyl (C=O) groups excluding carboxylic acids is 2. The molecule has 0 saturated carbocycles. The minimum atomic E-state index is -0.224. The second-order valence-electron chi connectivity index (χ2n) is 5.26. The summed E-state index contributed by atoms with van der Waals surface area (Å²) in [5, 5.41) is 0. The number of rotatable bonds is 4. The van der Waals surface area contributed by atoms with Gasteiger partial charge in [-0.3, -0.25) is 14.6 Å². The molecule has 8 heteroatoms. The molecule has 0 spiro atoms. The van der Waals surface area contributed by atoms with Crippen molar-refractivity contribution >= 4 is 11.8 Å². The first kappa shape index (κ1) is 16.0. The Morgan fingerprint density at radius 1 is 1.21 bits per heavy atom. The highest BCUT2D eigenvalue weighted by molar-refractivity contribution is 5.95. The lowest BCUT2D eigenvalue weighted by molar-refractivity contribution is 0.0532. The van der Waals surface area contributed by atoms with Crippen LogP contribution in [0.3, 0.4) is 0 Å². The van der Waals surface area contributed by atoms with E-state index in [1.54, 1.807) is 34.3 Å². The third kappa shape index (κ3) is 3.37. The van der Waals surface area contributed by atoms with Gasteiger partial charge in [0.1, 0.15) is 6.26 Å². The van der Waals surface area contributed by atoms with Gasteiger partial charge in [0.15, 0.2) is 5.69 Å². The molecule has 0 aromatic carbocycles. The first-order chi connectivity index (χ1) is 11.7. The van der Waals surface area contributed by atoms with E-state index in [0.29, 0.717) is 38.3 Å². The fraction of sp³-hybridized carbons (Fsp3) is 0.375. The largest absolute Gasteiger partial charge is 0.450 e. The van der Waals surface area contributed by atoms with Gasteiger partial charge in [-0.15, -0.1) is 0 Å². The molecule has 1 aliphatic heterocycles. The summed E-state index contributed by atoms with van der Waals surface area (Å²) >= 11 is 0. The molecule has 0 bridgehead atoms. The van der Waals surface area contributed by atoms with Gasteiger partial charge < -0.3 is 19.0 Å². The Morgan fingerprint density at radius 2 is 1.92 bits per heavy atom. The van der Waals surface area contributed by atoms with E-state index < -0.39 is 0 Å². The number of ether oxygens (including phenoxy) is 1. The van der Waals surface area contributed by atoms with E-state index in [-0.39, 0.29) is 23.6 Å². The van der Waals surface area contributed by atoms with Crippen LogP contribution >= 0.6 is 0 Å². The molecule has 3 heterocycles. The van der Waals surface area contributed by atoms with Gasteiger partial charge in [-0.1, -0.05) is 0 Å². The van der Waals surface area contributed by atoms with E-state index in [1.807, 2.05) is 6.92 Å². The van der Waals surface area contributed by atoms with Crippen LogP contribution in [0.1, 0.15) is 27.8 Å². The molecule has 0 unspecified atom stereocenters. The van der Waals surface area contributed by atoms with Crippen molar-refractivity contribution in [2.75, 3.05) is 32.8 Å². The maximum Gasteiger partial charge on any atom is 0.394 e. The fourth-order valence-electron chi connectivity index (χ4n) is 2.49. The second kappa shape index (κ2) is 7.12. The van der Waals surface area contributed by atoms with Crippen LogP contribution in [-0.4, -0.2) is 64.4 Å². The van der Waals surface area contributed by atoms with Crippen LogP contribution in [0.5, 0.6) is 6.08 Å². The summed E-state index contributed by atoms with van der Waals surface area (Å²) < 4.78 is 10.2. The topological polar surface area (TPSA) is 88.8 Å². The molecule has 1 aliphatic rings. The Balaban J connectivity index is 1.58. The summed E-state index contributed by atoms with van der Waals surface area (Å²) in [6.07, 6.45) is 4.55. The number of aromatic nitrogens is 2. The SMILES string of the molecule is CCOc1nc(C(=O)N2CCN(C(=O)c3cccnc3)CC2)co1. The number of pyridine rings is 1. The van der Waals surface area contributed by atoms with E-state index in [9.17, 15) is 9.59 Å². The van der Waals surface area contributed by atoms with E-state index >= 15 is 0 Å². The van der Waals surface area contributed by atoms with E-state index in [1.165, 1.54) is 6.26 Å². The lowest BCUT2D eigenvalue weighted by Gasteiger charge is -2.34. The number of amides is 2. The summed E-state index contributed by atoms with van der Waals surface area (Å²) in [5.74, 6) is -0.298. The zero-order chi connectivity index (χ0) is 16.9. The van der Waals surface area contributed by atoms with Crippen LogP contribution in [0.2, 0.25) is 0 Å². The summed E-state index contributed by atoms with van der Waals surface area (Å²) in [6.45, 7) is 4.06. The quantitative estimate of drug-likeness (QED) is 0.833. The second-order valence-corrected chi connectivity index (χ2v) is 5.26. The van der Waals surface area contributed by atoms with Gasteiger partial charge in [-0.2, -0.15) is 4.98 Å². The monoisotopic (exact) mass is 330 g/mol. The summed E-state index contributed by atoms with van der Waals surface area (Å²) in [7, 11) is 0. The normalized spacial score (nSPS) is 14.5. The summed E-state index contributed by atoms with van der Waals surface area (Å²) in [6, 6.07) is 3.46. The highest BCUT2D eigenvalue weighted by Crippen LogP contribution is 2.14. The van der Waals surface area contributed by atoms with Crippen LogP contribution in [0.4, 0.5) is 0 Å². The number of hydrogen-bond acceptors (Lipinski definition) is 6. The number of hydrogen-bond donors (Lipinski definition) is 0. The minimum absolute atomic E-state index is 0.0738. The summed E-state index contributed by atoms with van der Waals surface area (Å²) in [5.41, 5.74) is 0.764. The van der Waals surface area contributed by atoms with Gasteiger partial charge in [0.05, 0.1) is 12.2 Å². The smallest absolute Gasteiger partial charge is 0.394 e. The molecular formula is C16H18N4O4. The van der Waals surface area contributed by atoms with Gasteiger partial charge in [0.2, 0.25) is 0 Å². The Kier molecular flexibility index (Phi) is 4.74. The van der Waals surface area contributed by atoms with Crippen molar-refractivity contribution in [3.8, 4) is 6.08 Å². The molecule has 2 aromatic rings. The Bertz CT molecular complexity index is 708. The van der Waals surface area contributed by atoms with E-state index in [2.05, 4.69) is 9.97 Å². The van der Waals surface area contributed by atoms with Crippen molar-refractivity contribution in [1.29, 1.82) is 0 Å². The molecule has 8 nitrogen and oxygen atoms in total. The van der Waals surface area contributed by atoms with Gasteiger partial charge >= 0.3 is 6.08 Å². The van der Waals surface area contributed by atoms with E-state index in [0.717, 1.165) is 0 Å². The third-order valence-corrected chi connectivity index (χ3v) is 3.73. The highest BCUT2D eigenvalue weighted by atomic mass is 16.6. The molecule has 0 N–H and O–H groups in total. The van der Waals surface area contributed by atoms with Gasteiger partial charge in [-0.25, -0.2) is 0 Å². The van der Waals surface area contributed by atoms with Crippen molar-refractivity contribution in [3.05, 3.63) is 42.0 Å². The molecule has 1 fully saturated rings.